The summed E-state index contributed by atoms with van der Waals surface area (Å²) in [5.74, 6) is -0.612. The molecule has 35 heavy (non-hydrogen) atoms. The molecule has 1 aromatic rings. The Morgan fingerprint density at radius 1 is 0.971 bits per heavy atom. The van der Waals surface area contributed by atoms with Crippen LogP contribution in [0.2, 0.25) is 0 Å². The van der Waals surface area contributed by atoms with Gasteiger partial charge >= 0.3 is 5.97 Å². The number of fused-ring (bicyclic) bond motifs is 3. The average molecular weight is 486 g/mol. The number of ether oxygens (including phenoxy) is 1. The number of piperidine rings is 3. The molecule has 3 aliphatic heterocycles. The molecule has 2 bridgehead atoms. The van der Waals surface area contributed by atoms with Gasteiger partial charge in [-0.1, -0.05) is 38.5 Å². The molecule has 1 aromatic heterocycles. The number of nitrogens with two attached hydrogens (primary N) is 1. The number of primary amides is 1. The van der Waals surface area contributed by atoms with E-state index in [9.17, 15) is 14.7 Å². The van der Waals surface area contributed by atoms with Crippen molar-refractivity contribution in [1.29, 1.82) is 0 Å². The fourth-order valence-corrected chi connectivity index (χ4v) is 7.79. The van der Waals surface area contributed by atoms with E-state index in [1.165, 1.54) is 12.8 Å². The number of amides is 1. The highest BCUT2D eigenvalue weighted by molar-refractivity contribution is 5.81. The second kappa shape index (κ2) is 10.1. The van der Waals surface area contributed by atoms with Crippen LogP contribution in [0.1, 0.15) is 88.8 Å². The molecule has 1 unspecified atom stereocenters. The summed E-state index contributed by atoms with van der Waals surface area (Å²) in [5.41, 5.74) is 5.10. The molecule has 3 saturated heterocycles. The smallest absolute Gasteiger partial charge is 0.339 e. The van der Waals surface area contributed by atoms with Crippen molar-refractivity contribution >= 4 is 11.9 Å². The minimum atomic E-state index is -1.40. The Hall–Kier alpha value is -2.06. The average Bonchev–Trinajstić information content (AvgIpc) is 2.90. The Balaban J connectivity index is 1.38. The first-order valence-corrected chi connectivity index (χ1v) is 13.8. The van der Waals surface area contributed by atoms with Crippen molar-refractivity contribution in [2.75, 3.05) is 19.6 Å². The third-order valence-electron chi connectivity index (χ3n) is 9.68. The second-order valence-corrected chi connectivity index (χ2v) is 11.6. The van der Waals surface area contributed by atoms with Gasteiger partial charge in [0, 0.05) is 31.2 Å². The zero-order valence-corrected chi connectivity index (χ0v) is 20.8. The van der Waals surface area contributed by atoms with E-state index in [0.29, 0.717) is 16.7 Å². The highest BCUT2D eigenvalue weighted by atomic mass is 16.6. The summed E-state index contributed by atoms with van der Waals surface area (Å²) in [4.78, 5) is 35.1. The molecule has 0 aromatic carbocycles. The second-order valence-electron chi connectivity index (χ2n) is 11.6. The van der Waals surface area contributed by atoms with Crippen molar-refractivity contribution in [3.63, 3.8) is 0 Å². The number of rotatable bonds is 7. The van der Waals surface area contributed by atoms with E-state index in [4.69, 9.17) is 10.5 Å². The van der Waals surface area contributed by atoms with Crippen molar-refractivity contribution in [3.05, 3.63) is 24.3 Å². The first kappa shape index (κ1) is 24.6. The highest BCUT2D eigenvalue weighted by Crippen LogP contribution is 2.46. The van der Waals surface area contributed by atoms with E-state index in [1.807, 2.05) is 0 Å². The van der Waals surface area contributed by atoms with E-state index in [1.54, 1.807) is 18.6 Å². The maximum Gasteiger partial charge on any atom is 0.339 e. The minimum Gasteiger partial charge on any atom is -0.454 e. The lowest BCUT2D eigenvalue weighted by Crippen LogP contribution is -2.68. The van der Waals surface area contributed by atoms with Gasteiger partial charge < -0.3 is 20.1 Å². The zero-order chi connectivity index (χ0) is 24.5. The molecule has 1 amide bonds. The number of quaternary nitrogens is 1. The monoisotopic (exact) mass is 485 g/mol. The summed E-state index contributed by atoms with van der Waals surface area (Å²) >= 11 is 0. The molecule has 8 nitrogen and oxygen atoms in total. The van der Waals surface area contributed by atoms with E-state index in [2.05, 4.69) is 9.97 Å². The summed E-state index contributed by atoms with van der Waals surface area (Å²) in [6.07, 6.45) is 16.4. The third kappa shape index (κ3) is 4.59. The van der Waals surface area contributed by atoms with E-state index < -0.39 is 23.5 Å². The van der Waals surface area contributed by atoms with Gasteiger partial charge in [-0.25, -0.2) is 4.79 Å². The molecule has 6 rings (SSSR count). The Bertz CT molecular complexity index is 872. The van der Waals surface area contributed by atoms with Gasteiger partial charge in [-0.3, -0.25) is 14.8 Å². The lowest BCUT2D eigenvalue weighted by atomic mass is 9.66. The molecule has 2 aliphatic carbocycles. The summed E-state index contributed by atoms with van der Waals surface area (Å²) < 4.78 is 6.75. The van der Waals surface area contributed by atoms with Crippen molar-refractivity contribution in [3.8, 4) is 0 Å². The number of aromatic nitrogens is 2. The normalized spacial score (nSPS) is 31.1. The minimum absolute atomic E-state index is 0.0194. The molecule has 0 spiro atoms. The summed E-state index contributed by atoms with van der Waals surface area (Å²) in [6.45, 7) is 2.14. The van der Waals surface area contributed by atoms with Gasteiger partial charge in [0.25, 0.3) is 5.91 Å². The van der Waals surface area contributed by atoms with Crippen LogP contribution in [0.25, 0.3) is 0 Å². The van der Waals surface area contributed by atoms with Crippen molar-refractivity contribution < 1.29 is 23.9 Å². The Morgan fingerprint density at radius 3 is 2.09 bits per heavy atom. The van der Waals surface area contributed by atoms with Gasteiger partial charge in [0.2, 0.25) is 6.04 Å². The highest BCUT2D eigenvalue weighted by Gasteiger charge is 2.57. The van der Waals surface area contributed by atoms with E-state index >= 15 is 0 Å². The largest absolute Gasteiger partial charge is 0.454 e. The van der Waals surface area contributed by atoms with Crippen LogP contribution in [-0.2, 0) is 14.3 Å². The molecule has 3 N–H and O–H groups in total. The Kier molecular flexibility index (Phi) is 7.13. The van der Waals surface area contributed by atoms with Gasteiger partial charge in [0.1, 0.15) is 12.2 Å². The predicted octanol–water partition coefficient (Wildman–Crippen LogP) is 3.05. The first-order chi connectivity index (χ1) is 16.9. The van der Waals surface area contributed by atoms with Crippen molar-refractivity contribution in [2.45, 2.75) is 94.8 Å². The molecule has 0 radical (unpaired) electrons. The van der Waals surface area contributed by atoms with Crippen LogP contribution in [0.3, 0.4) is 0 Å². The summed E-state index contributed by atoms with van der Waals surface area (Å²) in [6, 6.07) is -0.610. The van der Waals surface area contributed by atoms with Crippen LogP contribution in [0.4, 0.5) is 0 Å². The van der Waals surface area contributed by atoms with E-state index in [-0.39, 0.29) is 23.9 Å². The molecule has 8 heteroatoms. The number of hydrogen-bond acceptors (Lipinski definition) is 6. The molecule has 5 fully saturated rings. The van der Waals surface area contributed by atoms with Gasteiger partial charge in [0.15, 0.2) is 11.7 Å². The maximum atomic E-state index is 13.9. The number of carbonyl (C=O) groups excluding carboxylic acids is 2. The SMILES string of the molecule is NC(=O)C(c1cnccn1)[N+]12CCC(CC1)[C@@H](OC(=O)C(O)(C1CCCCC1)C1CCCCC1)C2. The maximum absolute atomic E-state index is 13.9. The number of hydrogen-bond donors (Lipinski definition) is 2. The first-order valence-electron chi connectivity index (χ1n) is 13.8. The molecular weight excluding hydrogens is 444 g/mol. The summed E-state index contributed by atoms with van der Waals surface area (Å²) in [5, 5.41) is 12.1. The fraction of sp³-hybridized carbons (Fsp3) is 0.778. The Morgan fingerprint density at radius 2 is 1.57 bits per heavy atom. The van der Waals surface area contributed by atoms with Crippen molar-refractivity contribution in [1.82, 2.24) is 9.97 Å². The van der Waals surface area contributed by atoms with Gasteiger partial charge in [-0.2, -0.15) is 0 Å². The lowest BCUT2D eigenvalue weighted by Gasteiger charge is -2.54. The van der Waals surface area contributed by atoms with Crippen LogP contribution in [0.15, 0.2) is 18.6 Å². The van der Waals surface area contributed by atoms with E-state index in [0.717, 1.165) is 77.3 Å². The number of carbonyl (C=O) groups is 2. The van der Waals surface area contributed by atoms with Crippen LogP contribution >= 0.6 is 0 Å². The number of nitrogens with zero attached hydrogens (tertiary/aromatic N) is 3. The third-order valence-corrected chi connectivity index (χ3v) is 9.68. The number of esters is 1. The summed E-state index contributed by atoms with van der Waals surface area (Å²) in [7, 11) is 0. The lowest BCUT2D eigenvalue weighted by molar-refractivity contribution is -0.965. The van der Waals surface area contributed by atoms with Crippen LogP contribution in [0.5, 0.6) is 0 Å². The molecule has 4 heterocycles. The molecular formula is C27H41N4O4+. The van der Waals surface area contributed by atoms with Crippen LogP contribution < -0.4 is 5.73 Å². The number of aliphatic hydroxyl groups is 1. The van der Waals surface area contributed by atoms with Gasteiger partial charge in [-0.05, 0) is 37.5 Å². The quantitative estimate of drug-likeness (QED) is 0.453. The van der Waals surface area contributed by atoms with Crippen LogP contribution in [0, 0.1) is 17.8 Å². The molecule has 5 aliphatic rings. The topological polar surface area (TPSA) is 115 Å². The fourth-order valence-electron chi connectivity index (χ4n) is 7.79. The zero-order valence-electron chi connectivity index (χ0n) is 20.8. The van der Waals surface area contributed by atoms with Gasteiger partial charge in [0.05, 0.1) is 19.3 Å². The molecule has 192 valence electrons. The molecule has 2 saturated carbocycles. The van der Waals surface area contributed by atoms with Crippen molar-refractivity contribution in [2.24, 2.45) is 23.5 Å². The van der Waals surface area contributed by atoms with Crippen LogP contribution in [-0.4, -0.2) is 62.8 Å². The standard InChI is InChI=1S/C27H40N4O4/c28-25(32)24(22-17-29-13-14-30-22)31-15-11-19(12-16-31)23(18-31)35-26(33)27(34,20-7-3-1-4-8-20)21-9-5-2-6-10-21/h13-14,17,19-21,23-24,34H,1-12,15-16,18H2,(H-,28,32)/p+1/t19?,23-,24?,31?/m0/s1. The predicted molar refractivity (Wildman–Crippen MR) is 130 cm³/mol. The Labute approximate surface area is 208 Å². The van der Waals surface area contributed by atoms with Gasteiger partial charge in [-0.15, -0.1) is 0 Å². The molecule has 2 atom stereocenters.